The highest BCUT2D eigenvalue weighted by molar-refractivity contribution is 5.44. The molecule has 5 heteroatoms. The summed E-state index contributed by atoms with van der Waals surface area (Å²) in [6, 6.07) is 8.40. The maximum Gasteiger partial charge on any atom is 0.161 e. The maximum atomic E-state index is 9.78. The standard InChI is InChI=1S/C18H27N3O2/c1-5-15-13-20(6-2)9-10-21(15)16(12-19)14-7-8-17(22-3)18(11-14)23-4/h7-8,11,15-16H,5-6,9-10,13H2,1-4H3. The molecule has 1 saturated heterocycles. The fraction of sp³-hybridized carbons (Fsp3) is 0.611. The van der Waals surface area contributed by atoms with Crippen molar-refractivity contribution in [3.8, 4) is 17.6 Å². The number of ether oxygens (including phenoxy) is 2. The summed E-state index contributed by atoms with van der Waals surface area (Å²) in [6.45, 7) is 8.41. The molecule has 5 nitrogen and oxygen atoms in total. The first-order chi connectivity index (χ1) is 11.2. The number of hydrogen-bond donors (Lipinski definition) is 0. The van der Waals surface area contributed by atoms with Crippen LogP contribution in [0, 0.1) is 11.3 Å². The van der Waals surface area contributed by atoms with E-state index in [0.29, 0.717) is 17.5 Å². The van der Waals surface area contributed by atoms with Crippen LogP contribution in [0.5, 0.6) is 11.5 Å². The topological polar surface area (TPSA) is 48.7 Å². The second kappa shape index (κ2) is 8.19. The second-order valence-corrected chi connectivity index (χ2v) is 5.84. The van der Waals surface area contributed by atoms with Crippen molar-refractivity contribution in [1.29, 1.82) is 5.26 Å². The normalized spacial score (nSPS) is 20.7. The van der Waals surface area contributed by atoms with E-state index < -0.39 is 0 Å². The average Bonchev–Trinajstić information content (AvgIpc) is 2.62. The van der Waals surface area contributed by atoms with Gasteiger partial charge in [-0.15, -0.1) is 0 Å². The van der Waals surface area contributed by atoms with Crippen molar-refractivity contribution >= 4 is 0 Å². The summed E-state index contributed by atoms with van der Waals surface area (Å²) in [5.74, 6) is 1.36. The third-order valence-electron chi connectivity index (χ3n) is 4.71. The molecular formula is C18H27N3O2. The minimum Gasteiger partial charge on any atom is -0.493 e. The van der Waals surface area contributed by atoms with E-state index in [0.717, 1.165) is 38.2 Å². The van der Waals surface area contributed by atoms with Crippen LogP contribution in [-0.4, -0.2) is 56.2 Å². The smallest absolute Gasteiger partial charge is 0.161 e. The van der Waals surface area contributed by atoms with Crippen LogP contribution < -0.4 is 9.47 Å². The first-order valence-corrected chi connectivity index (χ1v) is 8.28. The Morgan fingerprint density at radius 2 is 1.96 bits per heavy atom. The molecule has 2 atom stereocenters. The van der Waals surface area contributed by atoms with Gasteiger partial charge in [0, 0.05) is 25.7 Å². The molecule has 2 rings (SSSR count). The fourth-order valence-corrected chi connectivity index (χ4v) is 3.29. The minimum absolute atomic E-state index is 0.251. The van der Waals surface area contributed by atoms with Gasteiger partial charge in [-0.25, -0.2) is 0 Å². The lowest BCUT2D eigenvalue weighted by Gasteiger charge is -2.43. The monoisotopic (exact) mass is 317 g/mol. The van der Waals surface area contributed by atoms with Crippen LogP contribution in [0.25, 0.3) is 0 Å². The molecule has 1 aliphatic rings. The molecule has 1 heterocycles. The molecule has 126 valence electrons. The van der Waals surface area contributed by atoms with Crippen molar-refractivity contribution in [2.45, 2.75) is 32.4 Å². The Morgan fingerprint density at radius 1 is 1.22 bits per heavy atom. The highest BCUT2D eigenvalue weighted by Gasteiger charge is 2.31. The lowest BCUT2D eigenvalue weighted by molar-refractivity contribution is 0.0569. The molecular weight excluding hydrogens is 290 g/mol. The van der Waals surface area contributed by atoms with E-state index in [1.165, 1.54) is 0 Å². The van der Waals surface area contributed by atoms with E-state index in [2.05, 4.69) is 29.7 Å². The van der Waals surface area contributed by atoms with E-state index >= 15 is 0 Å². The van der Waals surface area contributed by atoms with Gasteiger partial charge < -0.3 is 14.4 Å². The minimum atomic E-state index is -0.251. The molecule has 0 N–H and O–H groups in total. The lowest BCUT2D eigenvalue weighted by atomic mass is 10.0. The number of likely N-dealkylation sites (N-methyl/N-ethyl adjacent to an activating group) is 1. The number of piperazine rings is 1. The summed E-state index contributed by atoms with van der Waals surface area (Å²) in [5.41, 5.74) is 0.966. The molecule has 0 bridgehead atoms. The zero-order valence-corrected chi connectivity index (χ0v) is 14.6. The van der Waals surface area contributed by atoms with Crippen LogP contribution in [0.2, 0.25) is 0 Å². The van der Waals surface area contributed by atoms with Gasteiger partial charge in [0.2, 0.25) is 0 Å². The van der Waals surface area contributed by atoms with E-state index in [9.17, 15) is 5.26 Å². The van der Waals surface area contributed by atoms with Crippen molar-refractivity contribution < 1.29 is 9.47 Å². The van der Waals surface area contributed by atoms with Gasteiger partial charge in [0.15, 0.2) is 11.5 Å². The van der Waals surface area contributed by atoms with Gasteiger partial charge >= 0.3 is 0 Å². The van der Waals surface area contributed by atoms with Gasteiger partial charge in [0.05, 0.1) is 20.3 Å². The number of benzene rings is 1. The third-order valence-corrected chi connectivity index (χ3v) is 4.71. The molecule has 1 aromatic rings. The molecule has 23 heavy (non-hydrogen) atoms. The van der Waals surface area contributed by atoms with Crippen molar-refractivity contribution in [3.05, 3.63) is 23.8 Å². The highest BCUT2D eigenvalue weighted by atomic mass is 16.5. The predicted molar refractivity (Wildman–Crippen MR) is 90.8 cm³/mol. The van der Waals surface area contributed by atoms with Crippen LogP contribution in [0.3, 0.4) is 0 Å². The summed E-state index contributed by atoms with van der Waals surface area (Å²) in [4.78, 5) is 4.78. The van der Waals surface area contributed by atoms with Crippen LogP contribution in [0.1, 0.15) is 31.9 Å². The molecule has 0 saturated carbocycles. The summed E-state index contributed by atoms with van der Waals surface area (Å²) < 4.78 is 10.7. The van der Waals surface area contributed by atoms with Crippen LogP contribution in [-0.2, 0) is 0 Å². The summed E-state index contributed by atoms with van der Waals surface area (Å²) in [5, 5.41) is 9.78. The average molecular weight is 317 g/mol. The van der Waals surface area contributed by atoms with E-state index in [-0.39, 0.29) is 6.04 Å². The first kappa shape index (κ1) is 17.6. The Morgan fingerprint density at radius 3 is 2.52 bits per heavy atom. The quantitative estimate of drug-likeness (QED) is 0.807. The highest BCUT2D eigenvalue weighted by Crippen LogP contribution is 2.33. The largest absolute Gasteiger partial charge is 0.493 e. The van der Waals surface area contributed by atoms with Gasteiger partial charge in [0.1, 0.15) is 6.04 Å². The Balaban J connectivity index is 2.27. The zero-order chi connectivity index (χ0) is 16.8. The third kappa shape index (κ3) is 3.77. The number of nitrogens with zero attached hydrogens (tertiary/aromatic N) is 3. The Hall–Kier alpha value is -1.77. The van der Waals surface area contributed by atoms with Crippen molar-refractivity contribution in [3.63, 3.8) is 0 Å². The van der Waals surface area contributed by atoms with Gasteiger partial charge in [-0.3, -0.25) is 4.90 Å². The Bertz CT molecular complexity index is 556. The summed E-state index contributed by atoms with van der Waals surface area (Å²) in [7, 11) is 3.24. The van der Waals surface area contributed by atoms with Gasteiger partial charge in [0.25, 0.3) is 0 Å². The molecule has 1 aliphatic heterocycles. The summed E-state index contributed by atoms with van der Waals surface area (Å²) in [6.07, 6.45) is 1.04. The Kier molecular flexibility index (Phi) is 6.26. The predicted octanol–water partition coefficient (Wildman–Crippen LogP) is 2.68. The molecule has 2 unspecified atom stereocenters. The molecule has 1 aromatic carbocycles. The van der Waals surface area contributed by atoms with Crippen molar-refractivity contribution in [2.24, 2.45) is 0 Å². The summed E-state index contributed by atoms with van der Waals surface area (Å²) >= 11 is 0. The van der Waals surface area contributed by atoms with Crippen LogP contribution >= 0.6 is 0 Å². The number of rotatable bonds is 6. The molecule has 0 spiro atoms. The number of methoxy groups -OCH3 is 2. The Labute approximate surface area is 139 Å². The molecule has 1 fully saturated rings. The lowest BCUT2D eigenvalue weighted by Crippen LogP contribution is -2.53. The molecule has 0 amide bonds. The van der Waals surface area contributed by atoms with Crippen LogP contribution in [0.15, 0.2) is 18.2 Å². The number of hydrogen-bond acceptors (Lipinski definition) is 5. The number of nitriles is 1. The second-order valence-electron chi connectivity index (χ2n) is 5.84. The molecule has 0 aromatic heterocycles. The van der Waals surface area contributed by atoms with Gasteiger partial charge in [-0.2, -0.15) is 5.26 Å². The van der Waals surface area contributed by atoms with Gasteiger partial charge in [-0.1, -0.05) is 19.9 Å². The van der Waals surface area contributed by atoms with E-state index in [1.807, 2.05) is 18.2 Å². The van der Waals surface area contributed by atoms with Crippen LogP contribution in [0.4, 0.5) is 0 Å². The van der Waals surface area contributed by atoms with Crippen molar-refractivity contribution in [1.82, 2.24) is 9.80 Å². The zero-order valence-electron chi connectivity index (χ0n) is 14.6. The first-order valence-electron chi connectivity index (χ1n) is 8.28. The maximum absolute atomic E-state index is 9.78. The van der Waals surface area contributed by atoms with E-state index in [4.69, 9.17) is 9.47 Å². The fourth-order valence-electron chi connectivity index (χ4n) is 3.29. The molecule has 0 radical (unpaired) electrons. The van der Waals surface area contributed by atoms with Crippen molar-refractivity contribution in [2.75, 3.05) is 40.4 Å². The SMILES string of the molecule is CCC1CN(CC)CCN1C(C#N)c1ccc(OC)c(OC)c1. The van der Waals surface area contributed by atoms with Gasteiger partial charge in [-0.05, 0) is 30.7 Å². The van der Waals surface area contributed by atoms with E-state index in [1.54, 1.807) is 14.2 Å². The molecule has 0 aliphatic carbocycles.